The molecule has 5 amide bonds. The van der Waals surface area contributed by atoms with Crippen LogP contribution in [0.2, 0.25) is 0 Å². The van der Waals surface area contributed by atoms with Crippen molar-refractivity contribution in [1.29, 1.82) is 0 Å². The van der Waals surface area contributed by atoms with Crippen LogP contribution in [0.1, 0.15) is 34.7 Å². The first-order chi connectivity index (χ1) is 16.2. The van der Waals surface area contributed by atoms with E-state index in [0.29, 0.717) is 10.6 Å². The SMILES string of the molecule is Cc1cc(C)c(NC(=O)CNC(=O)CN2C(=O)NC(C)(c3cccc(C(F)(F)F)c3)C2=O)c(C)c1. The number of aryl methyl sites for hydroxylation is 3. The third-order valence-corrected chi connectivity index (χ3v) is 5.73. The molecule has 186 valence electrons. The summed E-state index contributed by atoms with van der Waals surface area (Å²) < 4.78 is 39.2. The highest BCUT2D eigenvalue weighted by Gasteiger charge is 2.50. The van der Waals surface area contributed by atoms with Crippen molar-refractivity contribution in [1.82, 2.24) is 15.5 Å². The van der Waals surface area contributed by atoms with Gasteiger partial charge in [-0.25, -0.2) is 4.79 Å². The van der Waals surface area contributed by atoms with Crippen molar-refractivity contribution in [3.63, 3.8) is 0 Å². The minimum atomic E-state index is -4.63. The van der Waals surface area contributed by atoms with Crippen LogP contribution in [0.5, 0.6) is 0 Å². The van der Waals surface area contributed by atoms with Crippen LogP contribution in [-0.4, -0.2) is 41.7 Å². The molecule has 0 saturated carbocycles. The molecule has 0 spiro atoms. The number of imide groups is 1. The topological polar surface area (TPSA) is 108 Å². The Labute approximate surface area is 199 Å². The quantitative estimate of drug-likeness (QED) is 0.541. The predicted octanol–water partition coefficient (Wildman–Crippen LogP) is 3.15. The van der Waals surface area contributed by atoms with E-state index in [-0.39, 0.29) is 5.56 Å². The van der Waals surface area contributed by atoms with Crippen molar-refractivity contribution in [2.24, 2.45) is 0 Å². The third-order valence-electron chi connectivity index (χ3n) is 5.73. The van der Waals surface area contributed by atoms with Gasteiger partial charge < -0.3 is 16.0 Å². The average molecular weight is 490 g/mol. The molecule has 2 aromatic rings. The molecule has 35 heavy (non-hydrogen) atoms. The zero-order valence-electron chi connectivity index (χ0n) is 19.6. The lowest BCUT2D eigenvalue weighted by molar-refractivity contribution is -0.138. The molecule has 1 atom stereocenters. The molecule has 1 saturated heterocycles. The summed E-state index contributed by atoms with van der Waals surface area (Å²) in [4.78, 5) is 50.5. The van der Waals surface area contributed by atoms with Gasteiger partial charge >= 0.3 is 12.2 Å². The van der Waals surface area contributed by atoms with Crippen LogP contribution in [0.3, 0.4) is 0 Å². The Balaban J connectivity index is 1.64. The Morgan fingerprint density at radius 1 is 1.03 bits per heavy atom. The minimum Gasteiger partial charge on any atom is -0.345 e. The lowest BCUT2D eigenvalue weighted by Crippen LogP contribution is -2.44. The Morgan fingerprint density at radius 2 is 1.66 bits per heavy atom. The van der Waals surface area contributed by atoms with Crippen LogP contribution in [0.4, 0.5) is 23.7 Å². The Kier molecular flexibility index (Phi) is 6.91. The minimum absolute atomic E-state index is 0.0724. The summed E-state index contributed by atoms with van der Waals surface area (Å²) in [6, 6.07) is 6.93. The van der Waals surface area contributed by atoms with Gasteiger partial charge in [0.25, 0.3) is 5.91 Å². The van der Waals surface area contributed by atoms with E-state index in [1.807, 2.05) is 32.9 Å². The monoisotopic (exact) mass is 490 g/mol. The van der Waals surface area contributed by atoms with Crippen LogP contribution in [0.15, 0.2) is 36.4 Å². The Bertz CT molecular complexity index is 1190. The third kappa shape index (κ3) is 5.44. The van der Waals surface area contributed by atoms with Gasteiger partial charge in [0, 0.05) is 5.69 Å². The second kappa shape index (κ2) is 9.40. The number of halogens is 3. The lowest BCUT2D eigenvalue weighted by atomic mass is 9.90. The number of carbonyl (C=O) groups excluding carboxylic acids is 4. The molecule has 11 heteroatoms. The van der Waals surface area contributed by atoms with Crippen molar-refractivity contribution < 1.29 is 32.3 Å². The number of hydrogen-bond donors (Lipinski definition) is 3. The number of hydrogen-bond acceptors (Lipinski definition) is 4. The predicted molar refractivity (Wildman–Crippen MR) is 121 cm³/mol. The van der Waals surface area contributed by atoms with Crippen LogP contribution in [0, 0.1) is 20.8 Å². The molecule has 1 heterocycles. The van der Waals surface area contributed by atoms with Crippen LogP contribution in [-0.2, 0) is 26.1 Å². The van der Waals surface area contributed by atoms with Gasteiger partial charge in [0.2, 0.25) is 11.8 Å². The zero-order valence-corrected chi connectivity index (χ0v) is 19.6. The first-order valence-corrected chi connectivity index (χ1v) is 10.7. The van der Waals surface area contributed by atoms with Crippen molar-refractivity contribution >= 4 is 29.4 Å². The molecule has 1 fully saturated rings. The van der Waals surface area contributed by atoms with Crippen molar-refractivity contribution in [2.75, 3.05) is 18.4 Å². The molecule has 3 N–H and O–H groups in total. The number of nitrogens with one attached hydrogen (secondary N) is 3. The van der Waals surface area contributed by atoms with E-state index in [0.717, 1.165) is 34.9 Å². The van der Waals surface area contributed by atoms with Gasteiger partial charge in [0.1, 0.15) is 12.1 Å². The number of benzene rings is 2. The molecular weight excluding hydrogens is 465 g/mol. The number of urea groups is 1. The van der Waals surface area contributed by atoms with Gasteiger partial charge in [0.15, 0.2) is 0 Å². The highest BCUT2D eigenvalue weighted by Crippen LogP contribution is 2.34. The Hall–Kier alpha value is -3.89. The molecule has 1 unspecified atom stereocenters. The van der Waals surface area contributed by atoms with E-state index in [9.17, 15) is 32.3 Å². The summed E-state index contributed by atoms with van der Waals surface area (Å²) in [6.45, 7) is 5.77. The second-order valence-electron chi connectivity index (χ2n) is 8.62. The van der Waals surface area contributed by atoms with E-state index in [1.165, 1.54) is 13.0 Å². The molecule has 8 nitrogen and oxygen atoms in total. The fourth-order valence-corrected chi connectivity index (χ4v) is 3.98. The molecule has 3 rings (SSSR count). The molecule has 1 aliphatic heterocycles. The normalized spacial score (nSPS) is 17.9. The van der Waals surface area contributed by atoms with Crippen LogP contribution < -0.4 is 16.0 Å². The molecule has 2 aromatic carbocycles. The number of alkyl halides is 3. The number of anilines is 1. The molecular formula is C24H25F3N4O4. The fraction of sp³-hybridized carbons (Fsp3) is 0.333. The standard InChI is InChI=1S/C24H25F3N4O4/c1-13-8-14(2)20(15(3)9-13)29-18(32)11-28-19(33)12-31-21(34)23(4,30-22(31)35)16-6-5-7-17(10-16)24(25,26)27/h5-10H,11-12H2,1-4H3,(H,28,33)(H,29,32)(H,30,35). The first kappa shape index (κ1) is 25.7. The highest BCUT2D eigenvalue weighted by molar-refractivity contribution is 6.09. The van der Waals surface area contributed by atoms with Crippen molar-refractivity contribution in [3.05, 3.63) is 64.2 Å². The van der Waals surface area contributed by atoms with Gasteiger partial charge in [-0.2, -0.15) is 13.2 Å². The van der Waals surface area contributed by atoms with E-state index < -0.39 is 54.1 Å². The van der Waals surface area contributed by atoms with Crippen LogP contribution >= 0.6 is 0 Å². The van der Waals surface area contributed by atoms with Gasteiger partial charge in [-0.05, 0) is 56.5 Å². The molecule has 0 aliphatic carbocycles. The smallest absolute Gasteiger partial charge is 0.345 e. The van der Waals surface area contributed by atoms with Gasteiger partial charge in [-0.3, -0.25) is 19.3 Å². The molecule has 0 radical (unpaired) electrons. The largest absolute Gasteiger partial charge is 0.416 e. The van der Waals surface area contributed by atoms with Gasteiger partial charge in [-0.1, -0.05) is 29.8 Å². The summed E-state index contributed by atoms with van der Waals surface area (Å²) in [5, 5.41) is 7.42. The maximum Gasteiger partial charge on any atom is 0.416 e. The van der Waals surface area contributed by atoms with E-state index in [4.69, 9.17) is 0 Å². The first-order valence-electron chi connectivity index (χ1n) is 10.7. The Morgan fingerprint density at radius 3 is 2.26 bits per heavy atom. The maximum atomic E-state index is 13.1. The fourth-order valence-electron chi connectivity index (χ4n) is 3.98. The molecule has 0 bridgehead atoms. The van der Waals surface area contributed by atoms with Gasteiger partial charge in [0.05, 0.1) is 12.1 Å². The average Bonchev–Trinajstić information content (AvgIpc) is 2.98. The summed E-state index contributed by atoms with van der Waals surface area (Å²) in [6.07, 6.45) is -4.63. The number of carbonyl (C=O) groups is 4. The van der Waals surface area contributed by atoms with E-state index in [2.05, 4.69) is 16.0 Å². The van der Waals surface area contributed by atoms with Crippen molar-refractivity contribution in [3.8, 4) is 0 Å². The van der Waals surface area contributed by atoms with Gasteiger partial charge in [-0.15, -0.1) is 0 Å². The van der Waals surface area contributed by atoms with E-state index >= 15 is 0 Å². The summed E-state index contributed by atoms with van der Waals surface area (Å²) in [5.41, 5.74) is 0.552. The summed E-state index contributed by atoms with van der Waals surface area (Å²) in [7, 11) is 0. The highest BCUT2D eigenvalue weighted by atomic mass is 19.4. The summed E-state index contributed by atoms with van der Waals surface area (Å²) in [5.74, 6) is -2.17. The second-order valence-corrected chi connectivity index (χ2v) is 8.62. The van der Waals surface area contributed by atoms with Crippen LogP contribution in [0.25, 0.3) is 0 Å². The van der Waals surface area contributed by atoms with Crippen molar-refractivity contribution in [2.45, 2.75) is 39.4 Å². The number of amides is 5. The molecule has 1 aliphatic rings. The summed E-state index contributed by atoms with van der Waals surface area (Å²) >= 11 is 0. The lowest BCUT2D eigenvalue weighted by Gasteiger charge is -2.23. The zero-order chi connectivity index (χ0) is 26.1. The number of rotatable bonds is 6. The molecule has 0 aromatic heterocycles. The number of nitrogens with zero attached hydrogens (tertiary/aromatic N) is 1. The maximum absolute atomic E-state index is 13.1. The van der Waals surface area contributed by atoms with E-state index in [1.54, 1.807) is 0 Å².